The van der Waals surface area contributed by atoms with Crippen molar-refractivity contribution in [3.8, 4) is 0 Å². The number of rotatable bonds is 2. The molecule has 0 bridgehead atoms. The molecule has 14 heteroatoms. The molecule has 0 aromatic carbocycles. The van der Waals surface area contributed by atoms with Gasteiger partial charge in [-0.15, -0.1) is 8.61 Å². The van der Waals surface area contributed by atoms with Crippen molar-refractivity contribution in [1.82, 2.24) is 8.61 Å². The summed E-state index contributed by atoms with van der Waals surface area (Å²) < 4.78 is 59.2. The van der Waals surface area contributed by atoms with Gasteiger partial charge in [0, 0.05) is 0 Å². The summed E-state index contributed by atoms with van der Waals surface area (Å²) in [5, 5.41) is 37.0. The summed E-state index contributed by atoms with van der Waals surface area (Å²) >= 11 is 0. The van der Waals surface area contributed by atoms with Gasteiger partial charge in [-0.2, -0.15) is 16.8 Å². The third-order valence-corrected chi connectivity index (χ3v) is 4.04. The fraction of sp³-hybridized carbons (Fsp3) is 1.00. The molecule has 1 saturated heterocycles. The van der Waals surface area contributed by atoms with Gasteiger partial charge >= 0.3 is 20.6 Å². The molecule has 0 saturated carbocycles. The number of nitrogens with zero attached hydrogens (tertiary/aromatic N) is 2. The summed E-state index contributed by atoms with van der Waals surface area (Å²) in [4.78, 5) is 0. The molecule has 0 unspecified atom stereocenters. The molecule has 6 N–H and O–H groups in total. The van der Waals surface area contributed by atoms with Crippen molar-refractivity contribution in [3.63, 3.8) is 0 Å². The van der Waals surface area contributed by atoms with Crippen LogP contribution in [0.1, 0.15) is 0 Å². The quantitative estimate of drug-likeness (QED) is 0.270. The van der Waals surface area contributed by atoms with Gasteiger partial charge in [0.15, 0.2) is 24.9 Å². The fourth-order valence-corrected chi connectivity index (χ4v) is 2.91. The highest BCUT2D eigenvalue weighted by molar-refractivity contribution is 7.83. The fourth-order valence-electron chi connectivity index (χ4n) is 1.38. The van der Waals surface area contributed by atoms with Crippen molar-refractivity contribution in [2.75, 3.05) is 0 Å². The van der Waals surface area contributed by atoms with E-state index in [0.29, 0.717) is 0 Å². The van der Waals surface area contributed by atoms with Gasteiger partial charge in [0.2, 0.25) is 0 Å². The SMILES string of the molecule is O=S(=O)(O)N1[C@H](O)[C@H](O)N(S(=O)(=O)O)[C@@H](O)[C@H]1O. The average molecular weight is 310 g/mol. The lowest BCUT2D eigenvalue weighted by atomic mass is 10.3. The first-order chi connectivity index (χ1) is 7.89. The maximum absolute atomic E-state index is 10.8. The van der Waals surface area contributed by atoms with E-state index in [2.05, 4.69) is 0 Å². The van der Waals surface area contributed by atoms with E-state index in [9.17, 15) is 37.3 Å². The molecule has 1 aliphatic heterocycles. The van der Waals surface area contributed by atoms with Crippen LogP contribution in [-0.2, 0) is 20.6 Å². The topological polar surface area (TPSA) is 196 Å². The molecule has 0 aromatic rings. The third-order valence-electron chi connectivity index (χ3n) is 2.11. The normalized spacial score (nSPS) is 36.8. The zero-order valence-corrected chi connectivity index (χ0v) is 9.97. The second-order valence-corrected chi connectivity index (χ2v) is 5.90. The molecule has 18 heavy (non-hydrogen) atoms. The van der Waals surface area contributed by atoms with Crippen LogP contribution in [0, 0.1) is 0 Å². The Balaban J connectivity index is 3.28. The molecule has 0 aromatic heterocycles. The van der Waals surface area contributed by atoms with E-state index in [1.54, 1.807) is 0 Å². The van der Waals surface area contributed by atoms with Gasteiger partial charge < -0.3 is 20.4 Å². The minimum atomic E-state index is -5.25. The lowest BCUT2D eigenvalue weighted by Gasteiger charge is -2.44. The molecule has 0 amide bonds. The molecular weight excluding hydrogens is 300 g/mol. The van der Waals surface area contributed by atoms with Crippen molar-refractivity contribution in [3.05, 3.63) is 0 Å². The van der Waals surface area contributed by atoms with Gasteiger partial charge in [-0.3, -0.25) is 9.11 Å². The van der Waals surface area contributed by atoms with Crippen LogP contribution in [0.15, 0.2) is 0 Å². The first kappa shape index (κ1) is 15.6. The van der Waals surface area contributed by atoms with Gasteiger partial charge in [0.25, 0.3) is 0 Å². The summed E-state index contributed by atoms with van der Waals surface area (Å²) in [6.07, 6.45) is -10.6. The Hall–Kier alpha value is -0.420. The van der Waals surface area contributed by atoms with E-state index in [4.69, 9.17) is 9.11 Å². The van der Waals surface area contributed by atoms with Crippen LogP contribution >= 0.6 is 0 Å². The van der Waals surface area contributed by atoms with Crippen LogP contribution in [0.25, 0.3) is 0 Å². The van der Waals surface area contributed by atoms with Crippen molar-refractivity contribution in [2.24, 2.45) is 0 Å². The monoisotopic (exact) mass is 310 g/mol. The molecule has 1 fully saturated rings. The molecule has 0 radical (unpaired) electrons. The molecule has 12 nitrogen and oxygen atoms in total. The highest BCUT2D eigenvalue weighted by atomic mass is 32.2. The summed E-state index contributed by atoms with van der Waals surface area (Å²) in [5.74, 6) is 0. The van der Waals surface area contributed by atoms with Crippen molar-refractivity contribution in [1.29, 1.82) is 0 Å². The molecule has 1 rings (SSSR count). The van der Waals surface area contributed by atoms with E-state index in [1.165, 1.54) is 0 Å². The Kier molecular flexibility index (Phi) is 4.00. The Labute approximate surface area is 101 Å². The summed E-state index contributed by atoms with van der Waals surface area (Å²) in [6.45, 7) is 0. The zero-order chi connectivity index (χ0) is 14.5. The highest BCUT2D eigenvalue weighted by Gasteiger charge is 2.54. The lowest BCUT2D eigenvalue weighted by Crippen LogP contribution is -2.70. The van der Waals surface area contributed by atoms with Crippen LogP contribution in [0.2, 0.25) is 0 Å². The van der Waals surface area contributed by atoms with Gasteiger partial charge in [-0.05, 0) is 0 Å². The van der Waals surface area contributed by atoms with Crippen LogP contribution < -0.4 is 0 Å². The molecule has 1 heterocycles. The lowest BCUT2D eigenvalue weighted by molar-refractivity contribution is -0.247. The van der Waals surface area contributed by atoms with E-state index in [1.807, 2.05) is 0 Å². The largest absolute Gasteiger partial charge is 0.373 e. The van der Waals surface area contributed by atoms with E-state index in [0.717, 1.165) is 0 Å². The number of hydrogen-bond donors (Lipinski definition) is 6. The first-order valence-corrected chi connectivity index (χ1v) is 6.92. The minimum absolute atomic E-state index is 0.538. The predicted molar refractivity (Wildman–Crippen MR) is 50.8 cm³/mol. The van der Waals surface area contributed by atoms with E-state index in [-0.39, 0.29) is 0 Å². The maximum atomic E-state index is 10.8. The second-order valence-electron chi connectivity index (χ2n) is 3.27. The molecular formula is C4H10N2O10S2. The smallest absolute Gasteiger partial charge is 0.340 e. The van der Waals surface area contributed by atoms with E-state index >= 15 is 0 Å². The van der Waals surface area contributed by atoms with E-state index < -0.39 is 54.1 Å². The Morgan fingerprint density at radius 1 is 0.611 bits per heavy atom. The van der Waals surface area contributed by atoms with Crippen molar-refractivity contribution in [2.45, 2.75) is 24.9 Å². The van der Waals surface area contributed by atoms with Gasteiger partial charge in [0.1, 0.15) is 0 Å². The second kappa shape index (κ2) is 4.60. The first-order valence-electron chi connectivity index (χ1n) is 4.13. The summed E-state index contributed by atoms with van der Waals surface area (Å²) in [5.41, 5.74) is 0. The Morgan fingerprint density at radius 3 is 0.889 bits per heavy atom. The van der Waals surface area contributed by atoms with Gasteiger partial charge in [-0.25, -0.2) is 0 Å². The van der Waals surface area contributed by atoms with Crippen LogP contribution in [0.4, 0.5) is 0 Å². The van der Waals surface area contributed by atoms with Gasteiger partial charge in [-0.1, -0.05) is 0 Å². The number of aliphatic hydroxyl groups excluding tert-OH is 4. The molecule has 0 spiro atoms. The van der Waals surface area contributed by atoms with Crippen molar-refractivity contribution < 1.29 is 46.4 Å². The number of hydrogen-bond acceptors (Lipinski definition) is 8. The number of aliphatic hydroxyl groups is 4. The molecule has 0 aliphatic carbocycles. The Morgan fingerprint density at radius 2 is 0.778 bits per heavy atom. The predicted octanol–water partition coefficient (Wildman–Crippen LogP) is -4.52. The van der Waals surface area contributed by atoms with Gasteiger partial charge in [0.05, 0.1) is 0 Å². The highest BCUT2D eigenvalue weighted by Crippen LogP contribution is 2.26. The molecule has 108 valence electrons. The molecule has 1 aliphatic rings. The average Bonchev–Trinajstić information content (AvgIpc) is 2.10. The summed E-state index contributed by atoms with van der Waals surface area (Å²) in [7, 11) is -10.5. The van der Waals surface area contributed by atoms with Crippen molar-refractivity contribution >= 4 is 20.6 Å². The minimum Gasteiger partial charge on any atom is -0.373 e. The summed E-state index contributed by atoms with van der Waals surface area (Å²) in [6, 6.07) is 0. The van der Waals surface area contributed by atoms with Crippen LogP contribution in [-0.4, -0.2) is 79.9 Å². The van der Waals surface area contributed by atoms with Crippen LogP contribution in [0.5, 0.6) is 0 Å². The Bertz CT molecular complexity index is 450. The molecule has 4 atom stereocenters. The number of piperazine rings is 1. The standard InChI is InChI=1S/C4H10N2O10S2/c7-1-2(8)6(18(14,15)16)4(10)3(9)5(1)17(11,12)13/h1-4,7-10H,(H,11,12,13)(H,14,15,16)/t1-,2+,3-,4+. The third kappa shape index (κ3) is 2.62. The zero-order valence-electron chi connectivity index (χ0n) is 8.34. The van der Waals surface area contributed by atoms with Crippen LogP contribution in [0.3, 0.4) is 0 Å². The maximum Gasteiger partial charge on any atom is 0.340 e.